The number of allylic oxidation sites excluding steroid dienone is 3. The summed E-state index contributed by atoms with van der Waals surface area (Å²) in [6.45, 7) is 9.09. The standard InChI is InChI=1S/C51H67F3N6O9/c1-8-44-37(29-61)21-30(2)13-18-42(62)31(3)22-36(49(32(4)43(63)24-45(64)68-44)69-50-48(66)46(58(6)7)47(65)33(5)67-50)19-20-59(26-34-14-16-38(17-15-34)51(52,53)54)27-39-28-60(57-56-39)40-23-35-11-9-10-12-41(35)55-25-40/h9-18,21,23,25,28,31-33,36-37,43-44,46-50,61,63,65-66H,8,19-20,22,24,26-27,29H2,1-7H3/b18-13+,30-21+/t31-,32+,33-,36+,37-,43-,44-,46+,47-,48-,49-,50+/m1/s1. The van der Waals surface area contributed by atoms with Gasteiger partial charge >= 0.3 is 12.1 Å². The smallest absolute Gasteiger partial charge is 0.416 e. The van der Waals surface area contributed by atoms with Gasteiger partial charge in [-0.05, 0) is 95.6 Å². The number of hydrogen-bond acceptors (Lipinski definition) is 14. The van der Waals surface area contributed by atoms with Gasteiger partial charge in [0, 0.05) is 36.2 Å². The highest BCUT2D eigenvalue weighted by molar-refractivity contribution is 5.91. The summed E-state index contributed by atoms with van der Waals surface area (Å²) in [6, 6.07) is 13.7. The Labute approximate surface area is 401 Å². The van der Waals surface area contributed by atoms with Crippen LogP contribution in [0.15, 0.2) is 90.8 Å². The highest BCUT2D eigenvalue weighted by Gasteiger charge is 2.47. The summed E-state index contributed by atoms with van der Waals surface area (Å²) >= 11 is 0. The van der Waals surface area contributed by atoms with Crippen molar-refractivity contribution in [2.45, 2.75) is 129 Å². The van der Waals surface area contributed by atoms with Crippen molar-refractivity contribution in [3.05, 3.63) is 108 Å². The van der Waals surface area contributed by atoms with Crippen LogP contribution in [0.1, 0.15) is 77.1 Å². The maximum absolute atomic E-state index is 14.0. The average Bonchev–Trinajstić information content (AvgIpc) is 3.78. The zero-order chi connectivity index (χ0) is 50.2. The molecular weight excluding hydrogens is 898 g/mol. The predicted octanol–water partition coefficient (Wildman–Crippen LogP) is 6.05. The van der Waals surface area contributed by atoms with E-state index in [1.807, 2.05) is 42.2 Å². The van der Waals surface area contributed by atoms with E-state index in [1.165, 1.54) is 18.2 Å². The largest absolute Gasteiger partial charge is 0.462 e. The minimum absolute atomic E-state index is 0.186. The molecule has 376 valence electrons. The maximum atomic E-state index is 14.0. The van der Waals surface area contributed by atoms with Crippen LogP contribution in [0.4, 0.5) is 13.2 Å². The van der Waals surface area contributed by atoms with Crippen LogP contribution in [0.3, 0.4) is 0 Å². The molecule has 0 aliphatic carbocycles. The van der Waals surface area contributed by atoms with Crippen molar-refractivity contribution in [1.82, 2.24) is 29.8 Å². The number of aliphatic hydroxyl groups is 4. The molecular formula is C51H67F3N6O9. The number of carbonyl (C=O) groups is 2. The number of benzene rings is 2. The molecule has 2 aliphatic rings. The van der Waals surface area contributed by atoms with Gasteiger partial charge in [-0.3, -0.25) is 19.5 Å². The van der Waals surface area contributed by atoms with Gasteiger partial charge in [0.1, 0.15) is 12.2 Å². The van der Waals surface area contributed by atoms with Crippen LogP contribution in [0.25, 0.3) is 16.6 Å². The summed E-state index contributed by atoms with van der Waals surface area (Å²) in [5.74, 6) is -3.52. The summed E-state index contributed by atoms with van der Waals surface area (Å²) in [4.78, 5) is 35.8. The second-order valence-corrected chi connectivity index (χ2v) is 18.9. The van der Waals surface area contributed by atoms with Crippen LogP contribution in [-0.2, 0) is 43.1 Å². The molecule has 0 saturated carbocycles. The number of aromatic nitrogens is 4. The van der Waals surface area contributed by atoms with Crippen molar-refractivity contribution >= 4 is 22.7 Å². The molecule has 0 spiro atoms. The summed E-state index contributed by atoms with van der Waals surface area (Å²) in [5.41, 5.74) is 2.52. The minimum atomic E-state index is -4.53. The van der Waals surface area contributed by atoms with Crippen LogP contribution in [0.2, 0.25) is 0 Å². The zero-order valence-corrected chi connectivity index (χ0v) is 40.3. The van der Waals surface area contributed by atoms with E-state index in [1.54, 1.807) is 75.9 Å². The molecule has 4 N–H and O–H groups in total. The molecule has 18 heteroatoms. The van der Waals surface area contributed by atoms with E-state index >= 15 is 0 Å². The molecule has 0 unspecified atom stereocenters. The van der Waals surface area contributed by atoms with E-state index < -0.39 is 96.8 Å². The van der Waals surface area contributed by atoms with Crippen molar-refractivity contribution in [1.29, 1.82) is 0 Å². The second-order valence-electron chi connectivity index (χ2n) is 18.9. The number of fused-ring (bicyclic) bond motifs is 1. The number of rotatable bonds is 13. The first-order valence-corrected chi connectivity index (χ1v) is 23.6. The van der Waals surface area contributed by atoms with Crippen molar-refractivity contribution in [3.63, 3.8) is 0 Å². The van der Waals surface area contributed by atoms with Gasteiger partial charge < -0.3 is 39.5 Å². The topological polar surface area (TPSA) is 193 Å². The molecule has 69 heavy (non-hydrogen) atoms. The van der Waals surface area contributed by atoms with Crippen LogP contribution in [-0.4, -0.2) is 138 Å². The molecule has 1 saturated heterocycles. The molecule has 2 aromatic carbocycles. The number of carbonyl (C=O) groups excluding carboxylic acids is 2. The number of cyclic esters (lactones) is 1. The molecule has 2 aromatic heterocycles. The van der Waals surface area contributed by atoms with Crippen LogP contribution < -0.4 is 0 Å². The fourth-order valence-corrected chi connectivity index (χ4v) is 9.39. The Bertz CT molecular complexity index is 2380. The van der Waals surface area contributed by atoms with Gasteiger partial charge in [-0.2, -0.15) is 13.2 Å². The number of hydrogen-bond donors (Lipinski definition) is 4. The third kappa shape index (κ3) is 13.9. The third-order valence-corrected chi connectivity index (χ3v) is 13.4. The number of halogens is 3. The highest BCUT2D eigenvalue weighted by Crippen LogP contribution is 2.36. The van der Waals surface area contributed by atoms with Crippen LogP contribution in [0.5, 0.6) is 0 Å². The number of alkyl halides is 3. The Morgan fingerprint density at radius 3 is 2.38 bits per heavy atom. The lowest BCUT2D eigenvalue weighted by atomic mass is 9.79. The lowest BCUT2D eigenvalue weighted by Gasteiger charge is -2.46. The van der Waals surface area contributed by atoms with Gasteiger partial charge in [-0.1, -0.05) is 74.0 Å². The van der Waals surface area contributed by atoms with Gasteiger partial charge in [0.2, 0.25) is 0 Å². The molecule has 1 fully saturated rings. The van der Waals surface area contributed by atoms with E-state index in [2.05, 4.69) is 15.3 Å². The van der Waals surface area contributed by atoms with E-state index in [9.17, 15) is 43.2 Å². The molecule has 0 radical (unpaired) electrons. The van der Waals surface area contributed by atoms with Crippen LogP contribution in [0, 0.1) is 23.7 Å². The summed E-state index contributed by atoms with van der Waals surface area (Å²) in [6.07, 6.45) is -3.40. The fraction of sp³-hybridized carbons (Fsp3) is 0.549. The molecule has 4 heterocycles. The molecule has 0 bridgehead atoms. The van der Waals surface area contributed by atoms with E-state index in [0.29, 0.717) is 28.9 Å². The van der Waals surface area contributed by atoms with Gasteiger partial charge in [0.25, 0.3) is 0 Å². The first-order chi connectivity index (χ1) is 32.8. The lowest BCUT2D eigenvalue weighted by molar-refractivity contribution is -0.304. The molecule has 2 aliphatic heterocycles. The Hall–Kier alpha value is -4.92. The Kier molecular flexibility index (Phi) is 18.4. The van der Waals surface area contributed by atoms with Gasteiger partial charge in [0.05, 0.1) is 78.3 Å². The monoisotopic (exact) mass is 964 g/mol. The van der Waals surface area contributed by atoms with E-state index in [-0.39, 0.29) is 44.9 Å². The number of aliphatic hydroxyl groups excluding tert-OH is 4. The van der Waals surface area contributed by atoms with Gasteiger partial charge in [0.15, 0.2) is 12.1 Å². The number of esters is 1. The number of pyridine rings is 1. The second kappa shape index (κ2) is 23.8. The van der Waals surface area contributed by atoms with Gasteiger partial charge in [-0.25, -0.2) is 4.68 Å². The van der Waals surface area contributed by atoms with Crippen molar-refractivity contribution in [2.75, 3.05) is 27.2 Å². The molecule has 0 amide bonds. The SMILES string of the molecule is CC[C@H]1OC(=O)C[C@@H](O)[C@H](C)[C@@H](O[C@@H]2O[C@H](C)[C@@H](O)[C@H](N(C)C)[C@H]2O)[C@@H](CCN(Cc2ccc(C(F)(F)F)cc2)Cc2cn(-c3cnc4ccccc4c3)nn2)C[C@@H](C)C(=O)/C=C/C(C)=C/[C@@H]1CO. The number of ether oxygens (including phenoxy) is 3. The summed E-state index contributed by atoms with van der Waals surface area (Å²) in [5, 5.41) is 54.8. The summed E-state index contributed by atoms with van der Waals surface area (Å²) in [7, 11) is 3.43. The van der Waals surface area contributed by atoms with Crippen molar-refractivity contribution < 1.29 is 57.4 Å². The number of ketones is 1. The first-order valence-electron chi connectivity index (χ1n) is 23.6. The molecule has 12 atom stereocenters. The number of para-hydroxylation sites is 1. The third-order valence-electron chi connectivity index (χ3n) is 13.4. The van der Waals surface area contributed by atoms with Crippen molar-refractivity contribution in [2.24, 2.45) is 23.7 Å². The molecule has 4 aromatic rings. The van der Waals surface area contributed by atoms with Crippen LogP contribution >= 0.6 is 0 Å². The Balaban J connectivity index is 1.38. The average molecular weight is 965 g/mol. The Morgan fingerprint density at radius 2 is 1.70 bits per heavy atom. The summed E-state index contributed by atoms with van der Waals surface area (Å²) < 4.78 is 61.4. The minimum Gasteiger partial charge on any atom is -0.462 e. The first kappa shape index (κ1) is 53.4. The highest BCUT2D eigenvalue weighted by atomic mass is 19.4. The lowest BCUT2D eigenvalue weighted by Crippen LogP contribution is -2.63. The van der Waals surface area contributed by atoms with Crippen molar-refractivity contribution in [3.8, 4) is 5.69 Å². The van der Waals surface area contributed by atoms with Gasteiger partial charge in [-0.15, -0.1) is 5.10 Å². The normalized spacial score (nSPS) is 30.3. The zero-order valence-electron chi connectivity index (χ0n) is 40.3. The molecule has 6 rings (SSSR count). The maximum Gasteiger partial charge on any atom is 0.416 e. The predicted molar refractivity (Wildman–Crippen MR) is 251 cm³/mol. The van der Waals surface area contributed by atoms with E-state index in [0.717, 1.165) is 23.0 Å². The fourth-order valence-electron chi connectivity index (χ4n) is 9.39. The Morgan fingerprint density at radius 1 is 0.971 bits per heavy atom. The number of likely N-dealkylation sites (N-methyl/N-ethyl adjacent to an activating group) is 1. The molecule has 15 nitrogen and oxygen atoms in total. The quantitative estimate of drug-likeness (QED) is 0.113. The van der Waals surface area contributed by atoms with E-state index in [4.69, 9.17) is 14.2 Å². The number of nitrogens with zero attached hydrogens (tertiary/aromatic N) is 6.